The fourth-order valence-corrected chi connectivity index (χ4v) is 3.44. The van der Waals surface area contributed by atoms with E-state index in [1.165, 1.54) is 4.90 Å². The molecule has 1 aliphatic rings. The lowest BCUT2D eigenvalue weighted by Crippen LogP contribution is -2.34. The zero-order valence-electron chi connectivity index (χ0n) is 16.4. The second-order valence-corrected chi connectivity index (χ2v) is 6.40. The highest BCUT2D eigenvalue weighted by Gasteiger charge is 2.40. The van der Waals surface area contributed by atoms with Crippen LogP contribution < -0.4 is 9.47 Å². The van der Waals surface area contributed by atoms with Crippen molar-refractivity contribution in [3.05, 3.63) is 59.2 Å². The van der Waals surface area contributed by atoms with Crippen LogP contribution in [0.2, 0.25) is 0 Å². The Labute approximate surface area is 165 Å². The number of methoxy groups -OCH3 is 1. The number of hydrogen-bond donors (Lipinski definition) is 0. The zero-order valence-corrected chi connectivity index (χ0v) is 16.4. The van der Waals surface area contributed by atoms with Crippen LogP contribution in [0.3, 0.4) is 0 Å². The van der Waals surface area contributed by atoms with Gasteiger partial charge in [-0.3, -0.25) is 14.5 Å². The molecule has 2 aromatic carbocycles. The minimum absolute atomic E-state index is 0.284. The molecular formula is C22H25NO5. The molecule has 0 spiro atoms. The lowest BCUT2D eigenvalue weighted by Gasteiger charge is -2.27. The number of rotatable bonds is 9. The average molecular weight is 383 g/mol. The van der Waals surface area contributed by atoms with Gasteiger partial charge in [-0.1, -0.05) is 18.2 Å². The van der Waals surface area contributed by atoms with Crippen LogP contribution in [0.15, 0.2) is 42.5 Å². The van der Waals surface area contributed by atoms with Crippen molar-refractivity contribution >= 4 is 11.8 Å². The molecule has 0 bridgehead atoms. The lowest BCUT2D eigenvalue weighted by atomic mass is 10.0. The first-order valence-electron chi connectivity index (χ1n) is 9.47. The zero-order chi connectivity index (χ0) is 20.1. The summed E-state index contributed by atoms with van der Waals surface area (Å²) in [5.41, 5.74) is 1.68. The van der Waals surface area contributed by atoms with Crippen molar-refractivity contribution in [2.45, 2.75) is 26.3 Å². The van der Waals surface area contributed by atoms with E-state index >= 15 is 0 Å². The van der Waals surface area contributed by atoms with E-state index in [0.717, 1.165) is 5.56 Å². The minimum atomic E-state index is -0.456. The topological polar surface area (TPSA) is 65.1 Å². The summed E-state index contributed by atoms with van der Waals surface area (Å²) in [5.74, 6) is 0.670. The minimum Gasteiger partial charge on any atom is -0.490 e. The molecule has 0 aromatic heterocycles. The van der Waals surface area contributed by atoms with Gasteiger partial charge in [0.1, 0.15) is 0 Å². The number of nitrogens with zero attached hydrogens (tertiary/aromatic N) is 1. The number of carbonyl (C=O) groups excluding carboxylic acids is 2. The molecule has 2 amide bonds. The summed E-state index contributed by atoms with van der Waals surface area (Å²) in [6.45, 7) is 5.22. The summed E-state index contributed by atoms with van der Waals surface area (Å²) in [5, 5.41) is 0. The standard InChI is InChI=1S/C22H25NO5/c1-4-27-19-11-10-15(14-20(19)28-5-2)18(12-13-26-3)23-21(24)16-8-6-7-9-17(16)22(23)25/h6-11,14,18H,4-5,12-13H2,1-3H3. The number of fused-ring (bicyclic) bond motifs is 1. The number of amides is 2. The Kier molecular flexibility index (Phi) is 6.31. The van der Waals surface area contributed by atoms with Gasteiger partial charge in [0, 0.05) is 13.7 Å². The number of carbonyl (C=O) groups is 2. The number of ether oxygens (including phenoxy) is 3. The number of benzene rings is 2. The SMILES string of the molecule is CCOc1ccc(C(CCOC)N2C(=O)c3ccccc3C2=O)cc1OCC. The largest absolute Gasteiger partial charge is 0.490 e. The molecule has 1 atom stereocenters. The van der Waals surface area contributed by atoms with E-state index in [4.69, 9.17) is 14.2 Å². The molecule has 1 aliphatic heterocycles. The highest BCUT2D eigenvalue weighted by Crippen LogP contribution is 2.37. The monoisotopic (exact) mass is 383 g/mol. The van der Waals surface area contributed by atoms with Crippen LogP contribution in [-0.4, -0.2) is 43.6 Å². The molecule has 0 saturated heterocycles. The van der Waals surface area contributed by atoms with Gasteiger partial charge in [-0.15, -0.1) is 0 Å². The molecular weight excluding hydrogens is 358 g/mol. The first-order valence-corrected chi connectivity index (χ1v) is 9.47. The molecule has 28 heavy (non-hydrogen) atoms. The van der Waals surface area contributed by atoms with Crippen molar-refractivity contribution in [3.8, 4) is 11.5 Å². The van der Waals surface area contributed by atoms with Crippen molar-refractivity contribution in [2.75, 3.05) is 26.9 Å². The van der Waals surface area contributed by atoms with Crippen molar-refractivity contribution in [1.29, 1.82) is 0 Å². The van der Waals surface area contributed by atoms with E-state index in [-0.39, 0.29) is 11.8 Å². The molecule has 2 aromatic rings. The van der Waals surface area contributed by atoms with Crippen molar-refractivity contribution < 1.29 is 23.8 Å². The number of hydrogen-bond acceptors (Lipinski definition) is 5. The van der Waals surface area contributed by atoms with Gasteiger partial charge < -0.3 is 14.2 Å². The fourth-order valence-electron chi connectivity index (χ4n) is 3.44. The molecule has 0 N–H and O–H groups in total. The van der Waals surface area contributed by atoms with Crippen LogP contribution in [0.1, 0.15) is 52.6 Å². The first kappa shape index (κ1) is 19.9. The molecule has 6 nitrogen and oxygen atoms in total. The van der Waals surface area contributed by atoms with Gasteiger partial charge in [0.05, 0.1) is 30.4 Å². The Morgan fingerprint density at radius 1 is 0.893 bits per heavy atom. The van der Waals surface area contributed by atoms with Gasteiger partial charge in [0.2, 0.25) is 0 Å². The van der Waals surface area contributed by atoms with Gasteiger partial charge in [-0.2, -0.15) is 0 Å². The van der Waals surface area contributed by atoms with E-state index in [2.05, 4.69) is 0 Å². The average Bonchev–Trinajstić information content (AvgIpc) is 2.96. The van der Waals surface area contributed by atoms with Crippen LogP contribution >= 0.6 is 0 Å². The second-order valence-electron chi connectivity index (χ2n) is 6.40. The maximum atomic E-state index is 13.0. The molecule has 1 heterocycles. The van der Waals surface area contributed by atoms with E-state index in [0.29, 0.717) is 48.9 Å². The summed E-state index contributed by atoms with van der Waals surface area (Å²) in [4.78, 5) is 27.3. The van der Waals surface area contributed by atoms with E-state index in [9.17, 15) is 9.59 Å². The van der Waals surface area contributed by atoms with Crippen molar-refractivity contribution in [1.82, 2.24) is 4.90 Å². The quantitative estimate of drug-likeness (QED) is 0.615. The second kappa shape index (κ2) is 8.89. The highest BCUT2D eigenvalue weighted by atomic mass is 16.5. The molecule has 6 heteroatoms. The summed E-state index contributed by atoms with van der Waals surface area (Å²) < 4.78 is 16.6. The molecule has 0 fully saturated rings. The van der Waals surface area contributed by atoms with E-state index < -0.39 is 6.04 Å². The molecule has 1 unspecified atom stereocenters. The van der Waals surface area contributed by atoms with Gasteiger partial charge in [-0.05, 0) is 50.1 Å². The Bertz CT molecular complexity index is 829. The van der Waals surface area contributed by atoms with Gasteiger partial charge in [-0.25, -0.2) is 0 Å². The van der Waals surface area contributed by atoms with E-state index in [1.807, 2.05) is 32.0 Å². The maximum Gasteiger partial charge on any atom is 0.262 e. The van der Waals surface area contributed by atoms with E-state index in [1.54, 1.807) is 31.4 Å². The molecule has 0 radical (unpaired) electrons. The number of imide groups is 1. The van der Waals surface area contributed by atoms with Crippen molar-refractivity contribution in [3.63, 3.8) is 0 Å². The lowest BCUT2D eigenvalue weighted by molar-refractivity contribution is 0.0545. The van der Waals surface area contributed by atoms with Crippen LogP contribution in [0.4, 0.5) is 0 Å². The Morgan fingerprint density at radius 3 is 2.07 bits per heavy atom. The fraction of sp³-hybridized carbons (Fsp3) is 0.364. The van der Waals surface area contributed by atoms with Crippen LogP contribution in [-0.2, 0) is 4.74 Å². The predicted octanol–water partition coefficient (Wildman–Crippen LogP) is 3.86. The Morgan fingerprint density at radius 2 is 1.50 bits per heavy atom. The summed E-state index contributed by atoms with van der Waals surface area (Å²) in [6, 6.07) is 12.0. The van der Waals surface area contributed by atoms with Gasteiger partial charge >= 0.3 is 0 Å². The van der Waals surface area contributed by atoms with Crippen molar-refractivity contribution in [2.24, 2.45) is 0 Å². The summed E-state index contributed by atoms with van der Waals surface area (Å²) in [7, 11) is 1.60. The molecule has 0 saturated carbocycles. The van der Waals surface area contributed by atoms with Gasteiger partial charge in [0.15, 0.2) is 11.5 Å². The molecule has 148 valence electrons. The third-order valence-electron chi connectivity index (χ3n) is 4.68. The third kappa shape index (κ3) is 3.73. The van der Waals surface area contributed by atoms with Crippen LogP contribution in [0.5, 0.6) is 11.5 Å². The summed E-state index contributed by atoms with van der Waals surface area (Å²) >= 11 is 0. The predicted molar refractivity (Wildman–Crippen MR) is 105 cm³/mol. The Balaban J connectivity index is 2.01. The third-order valence-corrected chi connectivity index (χ3v) is 4.68. The molecule has 3 rings (SSSR count). The highest BCUT2D eigenvalue weighted by molar-refractivity contribution is 6.21. The van der Waals surface area contributed by atoms with Crippen LogP contribution in [0.25, 0.3) is 0 Å². The van der Waals surface area contributed by atoms with Gasteiger partial charge in [0.25, 0.3) is 11.8 Å². The summed E-state index contributed by atoms with van der Waals surface area (Å²) in [6.07, 6.45) is 0.488. The maximum absolute atomic E-state index is 13.0. The normalized spacial score (nSPS) is 14.2. The molecule has 0 aliphatic carbocycles. The first-order chi connectivity index (χ1) is 13.6. The Hall–Kier alpha value is -2.86. The van der Waals surface area contributed by atoms with Crippen LogP contribution in [0, 0.1) is 0 Å². The smallest absolute Gasteiger partial charge is 0.262 e.